The molecule has 1 saturated heterocycles. The second-order valence-corrected chi connectivity index (χ2v) is 7.33. The molecule has 1 heterocycles. The molecular formula is C13H15Br2NO2S. The van der Waals surface area contributed by atoms with Crippen molar-refractivity contribution in [2.45, 2.75) is 6.42 Å². The standard InChI is InChI=1S/C13H15Br2NO2S/c1-18-13(17)10-4-9(14)5-11(15)12(10)16-6-8-2-3-19-7-8/h4-5,8,16H,2-3,6-7H2,1H3. The number of thioether (sulfide) groups is 1. The van der Waals surface area contributed by atoms with Gasteiger partial charge < -0.3 is 10.1 Å². The molecule has 0 aliphatic carbocycles. The summed E-state index contributed by atoms with van der Waals surface area (Å²) in [4.78, 5) is 11.8. The first-order chi connectivity index (χ1) is 9.11. The van der Waals surface area contributed by atoms with Crippen LogP contribution in [0.25, 0.3) is 0 Å². The van der Waals surface area contributed by atoms with Crippen molar-refractivity contribution < 1.29 is 9.53 Å². The van der Waals surface area contributed by atoms with E-state index in [1.54, 1.807) is 6.07 Å². The van der Waals surface area contributed by atoms with E-state index in [2.05, 4.69) is 37.2 Å². The van der Waals surface area contributed by atoms with E-state index in [0.29, 0.717) is 11.5 Å². The maximum Gasteiger partial charge on any atom is 0.340 e. The van der Waals surface area contributed by atoms with E-state index < -0.39 is 0 Å². The Kier molecular flexibility index (Phi) is 5.59. The lowest BCUT2D eigenvalue weighted by Crippen LogP contribution is -2.16. The minimum absolute atomic E-state index is 0.328. The zero-order chi connectivity index (χ0) is 13.8. The molecule has 1 fully saturated rings. The van der Waals surface area contributed by atoms with E-state index in [9.17, 15) is 4.79 Å². The van der Waals surface area contributed by atoms with Crippen LogP contribution < -0.4 is 5.32 Å². The van der Waals surface area contributed by atoms with Crippen LogP contribution >= 0.6 is 43.6 Å². The van der Waals surface area contributed by atoms with Crippen LogP contribution in [0.3, 0.4) is 0 Å². The molecule has 1 unspecified atom stereocenters. The Hall–Kier alpha value is -0.200. The van der Waals surface area contributed by atoms with Crippen LogP contribution in [0.15, 0.2) is 21.1 Å². The molecule has 6 heteroatoms. The number of ether oxygens (including phenoxy) is 1. The zero-order valence-electron chi connectivity index (χ0n) is 10.5. The van der Waals surface area contributed by atoms with Crippen LogP contribution in [0, 0.1) is 5.92 Å². The number of hydrogen-bond acceptors (Lipinski definition) is 4. The molecule has 1 aliphatic heterocycles. The lowest BCUT2D eigenvalue weighted by atomic mass is 10.1. The fourth-order valence-corrected chi connectivity index (χ4v) is 4.66. The Morgan fingerprint density at radius 1 is 1.53 bits per heavy atom. The van der Waals surface area contributed by atoms with Gasteiger partial charge in [-0.3, -0.25) is 0 Å². The number of carbonyl (C=O) groups excluding carboxylic acids is 1. The molecule has 0 saturated carbocycles. The van der Waals surface area contributed by atoms with E-state index in [4.69, 9.17) is 4.74 Å². The number of carbonyl (C=O) groups is 1. The Morgan fingerprint density at radius 2 is 2.32 bits per heavy atom. The molecule has 1 atom stereocenters. The average molecular weight is 409 g/mol. The summed E-state index contributed by atoms with van der Waals surface area (Å²) in [5, 5.41) is 3.38. The Bertz CT molecular complexity index is 476. The maximum absolute atomic E-state index is 11.8. The predicted molar refractivity (Wildman–Crippen MR) is 87.1 cm³/mol. The maximum atomic E-state index is 11.8. The highest BCUT2D eigenvalue weighted by Gasteiger charge is 2.19. The van der Waals surface area contributed by atoms with Gasteiger partial charge in [0.05, 0.1) is 18.4 Å². The zero-order valence-corrected chi connectivity index (χ0v) is 14.5. The van der Waals surface area contributed by atoms with E-state index in [1.165, 1.54) is 25.0 Å². The van der Waals surface area contributed by atoms with Crippen LogP contribution in [-0.2, 0) is 4.74 Å². The lowest BCUT2D eigenvalue weighted by Gasteiger charge is -2.16. The third-order valence-electron chi connectivity index (χ3n) is 3.05. The van der Waals surface area contributed by atoms with Gasteiger partial charge in [0.2, 0.25) is 0 Å². The highest BCUT2D eigenvalue weighted by Crippen LogP contribution is 2.32. The topological polar surface area (TPSA) is 38.3 Å². The van der Waals surface area contributed by atoms with Crippen molar-refractivity contribution in [3.05, 3.63) is 26.6 Å². The summed E-state index contributed by atoms with van der Waals surface area (Å²) in [6, 6.07) is 3.71. The summed E-state index contributed by atoms with van der Waals surface area (Å²) in [5.74, 6) is 2.77. The summed E-state index contributed by atoms with van der Waals surface area (Å²) in [6.45, 7) is 0.886. The summed E-state index contributed by atoms with van der Waals surface area (Å²) in [7, 11) is 1.40. The van der Waals surface area contributed by atoms with Crippen molar-refractivity contribution in [1.29, 1.82) is 0 Å². The van der Waals surface area contributed by atoms with Crippen molar-refractivity contribution in [2.75, 3.05) is 30.5 Å². The Morgan fingerprint density at radius 3 is 2.95 bits per heavy atom. The molecular weight excluding hydrogens is 394 g/mol. The van der Waals surface area contributed by atoms with Gasteiger partial charge >= 0.3 is 5.97 Å². The molecule has 0 radical (unpaired) electrons. The number of rotatable bonds is 4. The van der Waals surface area contributed by atoms with Crippen LogP contribution in [-0.4, -0.2) is 31.1 Å². The van der Waals surface area contributed by atoms with Crippen LogP contribution in [0.2, 0.25) is 0 Å². The van der Waals surface area contributed by atoms with Gasteiger partial charge in [0, 0.05) is 15.5 Å². The highest BCUT2D eigenvalue weighted by atomic mass is 79.9. The number of benzene rings is 1. The first-order valence-corrected chi connectivity index (χ1v) is 8.75. The van der Waals surface area contributed by atoms with Gasteiger partial charge in [-0.25, -0.2) is 4.79 Å². The monoisotopic (exact) mass is 407 g/mol. The smallest absolute Gasteiger partial charge is 0.340 e. The van der Waals surface area contributed by atoms with Gasteiger partial charge in [-0.05, 0) is 51.9 Å². The molecule has 2 rings (SSSR count). The second kappa shape index (κ2) is 6.99. The van der Waals surface area contributed by atoms with Crippen LogP contribution in [0.1, 0.15) is 16.8 Å². The molecule has 104 valence electrons. The number of nitrogens with one attached hydrogen (secondary N) is 1. The van der Waals surface area contributed by atoms with Crippen molar-refractivity contribution in [3.8, 4) is 0 Å². The van der Waals surface area contributed by atoms with Crippen LogP contribution in [0.5, 0.6) is 0 Å². The van der Waals surface area contributed by atoms with Gasteiger partial charge in [0.15, 0.2) is 0 Å². The fraction of sp³-hybridized carbons (Fsp3) is 0.462. The summed E-state index contributed by atoms with van der Waals surface area (Å²) < 4.78 is 6.55. The summed E-state index contributed by atoms with van der Waals surface area (Å²) >= 11 is 8.88. The fourth-order valence-electron chi connectivity index (χ4n) is 2.01. The van der Waals surface area contributed by atoms with Crippen molar-refractivity contribution in [1.82, 2.24) is 0 Å². The van der Waals surface area contributed by atoms with Gasteiger partial charge in [-0.15, -0.1) is 0 Å². The third kappa shape index (κ3) is 3.89. The number of halogens is 2. The number of methoxy groups -OCH3 is 1. The molecule has 19 heavy (non-hydrogen) atoms. The Balaban J connectivity index is 2.19. The van der Waals surface area contributed by atoms with Gasteiger partial charge in [-0.2, -0.15) is 11.8 Å². The lowest BCUT2D eigenvalue weighted by molar-refractivity contribution is 0.0601. The molecule has 1 aromatic carbocycles. The molecule has 0 bridgehead atoms. The van der Waals surface area contributed by atoms with E-state index in [-0.39, 0.29) is 5.97 Å². The third-order valence-corrected chi connectivity index (χ3v) is 5.37. The van der Waals surface area contributed by atoms with Gasteiger partial charge in [-0.1, -0.05) is 15.9 Å². The number of anilines is 1. The van der Waals surface area contributed by atoms with Crippen LogP contribution in [0.4, 0.5) is 5.69 Å². The number of esters is 1. The largest absolute Gasteiger partial charge is 0.465 e. The molecule has 1 aliphatic rings. The normalized spacial score (nSPS) is 18.4. The van der Waals surface area contributed by atoms with E-state index in [0.717, 1.165) is 21.2 Å². The molecule has 0 spiro atoms. The first kappa shape index (κ1) is 15.2. The minimum atomic E-state index is -0.328. The molecule has 3 nitrogen and oxygen atoms in total. The summed E-state index contributed by atoms with van der Waals surface area (Å²) in [6.07, 6.45) is 1.24. The van der Waals surface area contributed by atoms with Gasteiger partial charge in [0.1, 0.15) is 0 Å². The number of hydrogen-bond donors (Lipinski definition) is 1. The predicted octanol–water partition coefficient (Wildman–Crippen LogP) is 4.16. The SMILES string of the molecule is COC(=O)c1cc(Br)cc(Br)c1NCC1CCSC1. The Labute approximate surface area is 134 Å². The highest BCUT2D eigenvalue weighted by molar-refractivity contribution is 9.11. The van der Waals surface area contributed by atoms with Crippen molar-refractivity contribution >= 4 is 55.3 Å². The second-order valence-electron chi connectivity index (χ2n) is 4.41. The molecule has 1 aromatic rings. The molecule has 0 aromatic heterocycles. The average Bonchev–Trinajstić information content (AvgIpc) is 2.89. The minimum Gasteiger partial charge on any atom is -0.465 e. The molecule has 1 N–H and O–H groups in total. The van der Waals surface area contributed by atoms with E-state index >= 15 is 0 Å². The summed E-state index contributed by atoms with van der Waals surface area (Å²) in [5.41, 5.74) is 1.36. The van der Waals surface area contributed by atoms with E-state index in [1.807, 2.05) is 17.8 Å². The molecule has 0 amide bonds. The van der Waals surface area contributed by atoms with Crippen molar-refractivity contribution in [3.63, 3.8) is 0 Å². The quantitative estimate of drug-likeness (QED) is 0.759. The van der Waals surface area contributed by atoms with Crippen molar-refractivity contribution in [2.24, 2.45) is 5.92 Å². The first-order valence-electron chi connectivity index (χ1n) is 6.00. The van der Waals surface area contributed by atoms with Gasteiger partial charge in [0.25, 0.3) is 0 Å².